The first-order chi connectivity index (χ1) is 9.83. The number of aliphatic carboxylic acids is 1. The molecule has 1 aliphatic heterocycles. The lowest BCUT2D eigenvalue weighted by Crippen LogP contribution is -3.00. The summed E-state index contributed by atoms with van der Waals surface area (Å²) in [6.07, 6.45) is 7.49. The number of piperidine rings is 1. The fraction of sp³-hybridized carbons (Fsp3) is 0.941. The zero-order valence-corrected chi connectivity index (χ0v) is 17.0. The normalized spacial score (nSPS) is 19.1. The number of likely N-dealkylation sites (tertiary alicyclic amines) is 1. The number of quaternary nitrogens is 1. The maximum atomic E-state index is 10.6. The average molecular weight is 428 g/mol. The third kappa shape index (κ3) is 9.30. The molecule has 1 saturated heterocycles. The lowest BCUT2D eigenvalue weighted by atomic mass is 9.82. The number of rotatable bonds is 7. The predicted molar refractivity (Wildman–Crippen MR) is 84.7 cm³/mol. The van der Waals surface area contributed by atoms with Crippen molar-refractivity contribution in [1.82, 2.24) is 0 Å². The van der Waals surface area contributed by atoms with Crippen LogP contribution in [-0.4, -0.2) is 48.8 Å². The SMILES string of the molecule is CCCCC(C)(CC)C(=O)[O-].C[N+]1(CCO)CCCCC1.[I-]. The van der Waals surface area contributed by atoms with E-state index in [9.17, 15) is 9.90 Å². The summed E-state index contributed by atoms with van der Waals surface area (Å²) >= 11 is 0. The lowest BCUT2D eigenvalue weighted by molar-refractivity contribution is -0.914. The third-order valence-corrected chi connectivity index (χ3v) is 4.89. The minimum absolute atomic E-state index is 0. The van der Waals surface area contributed by atoms with Crippen LogP contribution in [0.3, 0.4) is 0 Å². The van der Waals surface area contributed by atoms with Crippen LogP contribution >= 0.6 is 0 Å². The van der Waals surface area contributed by atoms with E-state index >= 15 is 0 Å². The van der Waals surface area contributed by atoms with Gasteiger partial charge in [0.2, 0.25) is 0 Å². The second-order valence-corrected chi connectivity index (χ2v) is 6.88. The smallest absolute Gasteiger partial charge is 0.102 e. The van der Waals surface area contributed by atoms with Gasteiger partial charge in [0.15, 0.2) is 0 Å². The number of hydrogen-bond acceptors (Lipinski definition) is 3. The molecular formula is C17H35INO3-. The van der Waals surface area contributed by atoms with Gasteiger partial charge in [0.1, 0.15) is 6.54 Å². The molecule has 0 aliphatic carbocycles. The fourth-order valence-corrected chi connectivity index (χ4v) is 2.73. The summed E-state index contributed by atoms with van der Waals surface area (Å²) in [7, 11) is 2.25. The van der Waals surface area contributed by atoms with Crippen molar-refractivity contribution in [2.75, 3.05) is 33.3 Å². The van der Waals surface area contributed by atoms with E-state index in [1.54, 1.807) is 6.92 Å². The van der Waals surface area contributed by atoms with Crippen molar-refractivity contribution < 1.29 is 43.5 Å². The average Bonchev–Trinajstić information content (AvgIpc) is 2.46. The highest BCUT2D eigenvalue weighted by atomic mass is 127. The Morgan fingerprint density at radius 1 is 1.23 bits per heavy atom. The van der Waals surface area contributed by atoms with Gasteiger partial charge in [0.05, 0.1) is 26.7 Å². The van der Waals surface area contributed by atoms with Gasteiger partial charge in [-0.3, -0.25) is 0 Å². The van der Waals surface area contributed by atoms with Crippen LogP contribution in [0.2, 0.25) is 0 Å². The molecule has 1 N–H and O–H groups in total. The number of hydrogen-bond donors (Lipinski definition) is 1. The molecule has 0 aromatic heterocycles. The Kier molecular flexibility index (Phi) is 13.9. The minimum atomic E-state index is -0.909. The zero-order chi connectivity index (χ0) is 16.4. The Labute approximate surface area is 153 Å². The Hall–Kier alpha value is 0.120. The molecule has 1 rings (SSSR count). The number of carboxylic acids is 1. The van der Waals surface area contributed by atoms with E-state index in [1.807, 2.05) is 6.92 Å². The molecule has 0 saturated carbocycles. The van der Waals surface area contributed by atoms with E-state index in [0.29, 0.717) is 13.0 Å². The second kappa shape index (κ2) is 12.5. The molecular weight excluding hydrogens is 393 g/mol. The molecule has 1 heterocycles. The van der Waals surface area contributed by atoms with Crippen molar-refractivity contribution in [2.24, 2.45) is 5.41 Å². The van der Waals surface area contributed by atoms with Crippen molar-refractivity contribution in [3.05, 3.63) is 0 Å². The van der Waals surface area contributed by atoms with Gasteiger partial charge >= 0.3 is 0 Å². The number of unbranched alkanes of at least 4 members (excludes halogenated alkanes) is 1. The Balaban J connectivity index is 0. The van der Waals surface area contributed by atoms with Gasteiger partial charge in [-0.05, 0) is 32.1 Å². The molecule has 0 aromatic carbocycles. The van der Waals surface area contributed by atoms with Gasteiger partial charge in [0, 0.05) is 11.4 Å². The molecule has 1 unspecified atom stereocenters. The fourth-order valence-electron chi connectivity index (χ4n) is 2.73. The first-order valence-corrected chi connectivity index (χ1v) is 8.49. The van der Waals surface area contributed by atoms with Crippen molar-refractivity contribution >= 4 is 5.97 Å². The third-order valence-electron chi connectivity index (χ3n) is 4.89. The van der Waals surface area contributed by atoms with E-state index in [0.717, 1.165) is 30.3 Å². The summed E-state index contributed by atoms with van der Waals surface area (Å²) in [5, 5.41) is 19.4. The van der Waals surface area contributed by atoms with E-state index in [-0.39, 0.29) is 24.0 Å². The van der Waals surface area contributed by atoms with Crippen LogP contribution in [0.1, 0.15) is 65.7 Å². The molecule has 1 aliphatic rings. The van der Waals surface area contributed by atoms with E-state index in [1.165, 1.54) is 32.4 Å². The van der Waals surface area contributed by atoms with Gasteiger partial charge in [-0.1, -0.05) is 33.6 Å². The number of aliphatic hydroxyl groups excluding tert-OH is 1. The molecule has 0 radical (unpaired) electrons. The number of carbonyl (C=O) groups is 1. The van der Waals surface area contributed by atoms with Crippen LogP contribution in [0.15, 0.2) is 0 Å². The molecule has 134 valence electrons. The van der Waals surface area contributed by atoms with Crippen LogP contribution in [-0.2, 0) is 4.79 Å². The zero-order valence-electron chi connectivity index (χ0n) is 14.9. The molecule has 0 spiro atoms. The van der Waals surface area contributed by atoms with Gasteiger partial charge in [-0.2, -0.15) is 0 Å². The van der Waals surface area contributed by atoms with Crippen LogP contribution in [0.4, 0.5) is 0 Å². The number of carbonyl (C=O) groups excluding carboxylic acids is 1. The second-order valence-electron chi connectivity index (χ2n) is 6.88. The topological polar surface area (TPSA) is 60.4 Å². The predicted octanol–water partition coefficient (Wildman–Crippen LogP) is -1.04. The molecule has 0 bridgehead atoms. The molecule has 1 atom stereocenters. The standard InChI is InChI=1S/C9H18O2.C8H18NO.HI/c1-4-6-7-9(3,5-2)8(10)11;1-9(7-8-10)5-3-2-4-6-9;/h4-7H2,1-3H3,(H,10,11);10H,2-8H2,1H3;1H/q;+1;/p-2. The minimum Gasteiger partial charge on any atom is -1.00 e. The Morgan fingerprint density at radius 2 is 1.77 bits per heavy atom. The van der Waals surface area contributed by atoms with Gasteiger partial charge < -0.3 is 43.5 Å². The maximum Gasteiger partial charge on any atom is 0.102 e. The largest absolute Gasteiger partial charge is 1.00 e. The highest BCUT2D eigenvalue weighted by molar-refractivity contribution is 5.71. The monoisotopic (exact) mass is 428 g/mol. The molecule has 5 heteroatoms. The molecule has 0 amide bonds. The summed E-state index contributed by atoms with van der Waals surface area (Å²) < 4.78 is 1.09. The summed E-state index contributed by atoms with van der Waals surface area (Å²) in [4.78, 5) is 10.6. The summed E-state index contributed by atoms with van der Waals surface area (Å²) in [6, 6.07) is 0. The molecule has 4 nitrogen and oxygen atoms in total. The Bertz CT molecular complexity index is 288. The van der Waals surface area contributed by atoms with E-state index in [4.69, 9.17) is 5.11 Å². The van der Waals surface area contributed by atoms with E-state index in [2.05, 4.69) is 14.0 Å². The van der Waals surface area contributed by atoms with Gasteiger partial charge in [-0.25, -0.2) is 0 Å². The van der Waals surface area contributed by atoms with Gasteiger partial charge in [0.25, 0.3) is 0 Å². The highest BCUT2D eigenvalue weighted by Gasteiger charge is 2.23. The number of likely N-dealkylation sites (N-methyl/N-ethyl adjacent to an activating group) is 1. The maximum absolute atomic E-state index is 10.6. The summed E-state index contributed by atoms with van der Waals surface area (Å²) in [5.41, 5.74) is -0.601. The Morgan fingerprint density at radius 3 is 2.14 bits per heavy atom. The number of aliphatic hydroxyl groups is 1. The number of nitrogens with zero attached hydrogens (tertiary/aromatic N) is 1. The summed E-state index contributed by atoms with van der Waals surface area (Å²) in [6.45, 7) is 9.53. The summed E-state index contributed by atoms with van der Waals surface area (Å²) in [5.74, 6) is -0.909. The van der Waals surface area contributed by atoms with E-state index < -0.39 is 11.4 Å². The first-order valence-electron chi connectivity index (χ1n) is 8.49. The van der Waals surface area contributed by atoms with Crippen LogP contribution < -0.4 is 29.1 Å². The number of halogens is 1. The lowest BCUT2D eigenvalue weighted by Gasteiger charge is -2.37. The van der Waals surface area contributed by atoms with Crippen molar-refractivity contribution in [1.29, 1.82) is 0 Å². The molecule has 0 aromatic rings. The van der Waals surface area contributed by atoms with Crippen molar-refractivity contribution in [2.45, 2.75) is 65.7 Å². The van der Waals surface area contributed by atoms with Crippen LogP contribution in [0, 0.1) is 5.41 Å². The molecule has 1 fully saturated rings. The molecule has 22 heavy (non-hydrogen) atoms. The van der Waals surface area contributed by atoms with Crippen LogP contribution in [0.25, 0.3) is 0 Å². The number of carboxylic acid groups (broad SMARTS) is 1. The van der Waals surface area contributed by atoms with Crippen molar-refractivity contribution in [3.63, 3.8) is 0 Å². The van der Waals surface area contributed by atoms with Gasteiger partial charge in [-0.15, -0.1) is 0 Å². The first kappa shape index (κ1) is 24.4. The highest BCUT2D eigenvalue weighted by Crippen LogP contribution is 2.26. The van der Waals surface area contributed by atoms with Crippen molar-refractivity contribution in [3.8, 4) is 0 Å². The quantitative estimate of drug-likeness (QED) is 0.416. The van der Waals surface area contributed by atoms with Crippen LogP contribution in [0.5, 0.6) is 0 Å².